The van der Waals surface area contributed by atoms with Crippen LogP contribution >= 0.6 is 0 Å². The second kappa shape index (κ2) is 7.28. The zero-order valence-corrected chi connectivity index (χ0v) is 13.5. The van der Waals surface area contributed by atoms with Gasteiger partial charge in [0.2, 0.25) is 5.91 Å². The minimum Gasteiger partial charge on any atom is -0.378 e. The number of carbonyl (C=O) groups excluding carboxylic acids is 1. The van der Waals surface area contributed by atoms with Gasteiger partial charge in [0.15, 0.2) is 0 Å². The van der Waals surface area contributed by atoms with Crippen LogP contribution in [0.25, 0.3) is 0 Å². The molecule has 1 saturated heterocycles. The molecule has 2 N–H and O–H groups in total. The van der Waals surface area contributed by atoms with Crippen LogP contribution in [0.3, 0.4) is 0 Å². The van der Waals surface area contributed by atoms with E-state index >= 15 is 0 Å². The average molecular weight is 313 g/mol. The number of imidazole rings is 1. The van der Waals surface area contributed by atoms with Gasteiger partial charge in [-0.15, -0.1) is 0 Å². The molecule has 0 atom stereocenters. The van der Waals surface area contributed by atoms with Gasteiger partial charge in [-0.1, -0.05) is 12.1 Å². The number of hydrogen-bond donors (Lipinski definition) is 2. The Hall–Kier alpha value is -2.34. The van der Waals surface area contributed by atoms with Crippen LogP contribution in [-0.4, -0.2) is 51.9 Å². The van der Waals surface area contributed by atoms with Gasteiger partial charge in [-0.2, -0.15) is 0 Å². The van der Waals surface area contributed by atoms with Crippen LogP contribution in [0.2, 0.25) is 0 Å². The van der Waals surface area contributed by atoms with Crippen molar-refractivity contribution in [2.75, 3.05) is 31.5 Å². The first kappa shape index (κ1) is 15.6. The number of aromatic nitrogens is 2. The minimum atomic E-state index is 0.177. The van der Waals surface area contributed by atoms with Gasteiger partial charge in [-0.25, -0.2) is 4.98 Å². The van der Waals surface area contributed by atoms with E-state index in [-0.39, 0.29) is 5.91 Å². The van der Waals surface area contributed by atoms with Crippen molar-refractivity contribution in [1.29, 1.82) is 0 Å². The molecule has 23 heavy (non-hydrogen) atoms. The number of piperazine rings is 1. The van der Waals surface area contributed by atoms with E-state index in [0.717, 1.165) is 44.2 Å². The quantitative estimate of drug-likeness (QED) is 0.881. The van der Waals surface area contributed by atoms with Gasteiger partial charge in [0.05, 0.1) is 6.54 Å². The number of nitrogens with one attached hydrogen (secondary N) is 2. The number of carbonyl (C=O) groups is 1. The molecule has 2 heterocycles. The molecule has 1 aliphatic heterocycles. The monoisotopic (exact) mass is 313 g/mol. The molecule has 1 aromatic heterocycles. The highest BCUT2D eigenvalue weighted by atomic mass is 16.2. The first-order valence-corrected chi connectivity index (χ1v) is 7.99. The highest BCUT2D eigenvalue weighted by molar-refractivity contribution is 5.73. The average Bonchev–Trinajstić information content (AvgIpc) is 3.08. The molecule has 2 aromatic rings. The Morgan fingerprint density at radius 1 is 1.22 bits per heavy atom. The first-order valence-electron chi connectivity index (χ1n) is 7.99. The summed E-state index contributed by atoms with van der Waals surface area (Å²) in [4.78, 5) is 22.9. The third kappa shape index (κ3) is 4.32. The standard InChI is InChI=1S/C17H23N5O/c1-14(23)22-10-8-21(9-11-22)13-15-2-4-16(5-3-15)20-12-17-18-6-7-19-17/h2-7,20H,8-13H2,1H3,(H,18,19). The second-order valence-electron chi connectivity index (χ2n) is 5.87. The van der Waals surface area contributed by atoms with Gasteiger partial charge in [0.1, 0.15) is 5.82 Å². The highest BCUT2D eigenvalue weighted by Gasteiger charge is 2.18. The summed E-state index contributed by atoms with van der Waals surface area (Å²) in [6.07, 6.45) is 3.58. The number of anilines is 1. The molecule has 3 rings (SSSR count). The lowest BCUT2D eigenvalue weighted by molar-refractivity contribution is -0.130. The predicted octanol–water partition coefficient (Wildman–Crippen LogP) is 1.69. The van der Waals surface area contributed by atoms with Crippen molar-refractivity contribution in [2.24, 2.45) is 0 Å². The summed E-state index contributed by atoms with van der Waals surface area (Å²) in [6, 6.07) is 8.51. The number of hydrogen-bond acceptors (Lipinski definition) is 4. The van der Waals surface area contributed by atoms with Crippen LogP contribution in [0.5, 0.6) is 0 Å². The molecule has 0 bridgehead atoms. The molecule has 0 spiro atoms. The van der Waals surface area contributed by atoms with Crippen LogP contribution in [0, 0.1) is 0 Å². The largest absolute Gasteiger partial charge is 0.378 e. The Balaban J connectivity index is 1.47. The van der Waals surface area contributed by atoms with E-state index in [4.69, 9.17) is 0 Å². The molecule has 1 fully saturated rings. The summed E-state index contributed by atoms with van der Waals surface area (Å²) < 4.78 is 0. The number of nitrogens with zero attached hydrogens (tertiary/aromatic N) is 3. The van der Waals surface area contributed by atoms with Crippen molar-refractivity contribution >= 4 is 11.6 Å². The minimum absolute atomic E-state index is 0.177. The van der Waals surface area contributed by atoms with Crippen molar-refractivity contribution in [1.82, 2.24) is 19.8 Å². The summed E-state index contributed by atoms with van der Waals surface area (Å²) in [5.41, 5.74) is 2.39. The maximum Gasteiger partial charge on any atom is 0.219 e. The summed E-state index contributed by atoms with van der Waals surface area (Å²) >= 11 is 0. The van der Waals surface area contributed by atoms with Crippen molar-refractivity contribution in [3.63, 3.8) is 0 Å². The van der Waals surface area contributed by atoms with Crippen molar-refractivity contribution in [2.45, 2.75) is 20.0 Å². The SMILES string of the molecule is CC(=O)N1CCN(Cc2ccc(NCc3ncc[nH]3)cc2)CC1. The molecule has 0 saturated carbocycles. The molecule has 6 heteroatoms. The number of rotatable bonds is 5. The van der Waals surface area contributed by atoms with Crippen LogP contribution in [0.4, 0.5) is 5.69 Å². The second-order valence-corrected chi connectivity index (χ2v) is 5.87. The van der Waals surface area contributed by atoms with E-state index in [0.29, 0.717) is 6.54 Å². The Morgan fingerprint density at radius 2 is 1.96 bits per heavy atom. The number of amides is 1. The summed E-state index contributed by atoms with van der Waals surface area (Å²) in [6.45, 7) is 6.82. The normalized spacial score (nSPS) is 15.6. The molecule has 0 unspecified atom stereocenters. The van der Waals surface area contributed by atoms with Gasteiger partial charge in [-0.3, -0.25) is 9.69 Å². The molecule has 1 aliphatic rings. The lowest BCUT2D eigenvalue weighted by Crippen LogP contribution is -2.47. The maximum atomic E-state index is 11.3. The van der Waals surface area contributed by atoms with Gasteiger partial charge >= 0.3 is 0 Å². The van der Waals surface area contributed by atoms with Gasteiger partial charge < -0.3 is 15.2 Å². The molecule has 1 aromatic carbocycles. The lowest BCUT2D eigenvalue weighted by Gasteiger charge is -2.34. The smallest absolute Gasteiger partial charge is 0.219 e. The number of aromatic amines is 1. The van der Waals surface area contributed by atoms with Gasteiger partial charge in [0, 0.05) is 57.7 Å². The molecule has 0 radical (unpaired) electrons. The highest BCUT2D eigenvalue weighted by Crippen LogP contribution is 2.13. The van der Waals surface area contributed by atoms with Crippen LogP contribution < -0.4 is 5.32 Å². The number of H-pyrrole nitrogens is 1. The van der Waals surface area contributed by atoms with Crippen molar-refractivity contribution < 1.29 is 4.79 Å². The van der Waals surface area contributed by atoms with E-state index in [9.17, 15) is 4.79 Å². The van der Waals surface area contributed by atoms with Gasteiger partial charge in [-0.05, 0) is 17.7 Å². The Kier molecular flexibility index (Phi) is 4.92. The summed E-state index contributed by atoms with van der Waals surface area (Å²) in [7, 11) is 0. The van der Waals surface area contributed by atoms with E-state index < -0.39 is 0 Å². The zero-order chi connectivity index (χ0) is 16.1. The zero-order valence-electron chi connectivity index (χ0n) is 13.5. The maximum absolute atomic E-state index is 11.3. The van der Waals surface area contributed by atoms with Crippen molar-refractivity contribution in [3.05, 3.63) is 48.0 Å². The van der Waals surface area contributed by atoms with E-state index in [1.54, 1.807) is 13.1 Å². The van der Waals surface area contributed by atoms with E-state index in [2.05, 4.69) is 44.5 Å². The van der Waals surface area contributed by atoms with Crippen LogP contribution in [-0.2, 0) is 17.9 Å². The molecular weight excluding hydrogens is 290 g/mol. The van der Waals surface area contributed by atoms with Gasteiger partial charge in [0.25, 0.3) is 0 Å². The molecule has 1 amide bonds. The fourth-order valence-corrected chi connectivity index (χ4v) is 2.79. The molecule has 122 valence electrons. The fourth-order valence-electron chi connectivity index (χ4n) is 2.79. The van der Waals surface area contributed by atoms with Crippen molar-refractivity contribution in [3.8, 4) is 0 Å². The lowest BCUT2D eigenvalue weighted by atomic mass is 10.1. The Labute approximate surface area is 136 Å². The summed E-state index contributed by atoms with van der Waals surface area (Å²) in [5, 5.41) is 3.34. The molecular formula is C17H23N5O. The summed E-state index contributed by atoms with van der Waals surface area (Å²) in [5.74, 6) is 1.11. The van der Waals surface area contributed by atoms with Crippen LogP contribution in [0.1, 0.15) is 18.3 Å². The van der Waals surface area contributed by atoms with E-state index in [1.165, 1.54) is 5.56 Å². The first-order chi connectivity index (χ1) is 11.2. The third-order valence-electron chi connectivity index (χ3n) is 4.19. The Morgan fingerprint density at radius 3 is 2.57 bits per heavy atom. The topological polar surface area (TPSA) is 64.3 Å². The third-order valence-corrected chi connectivity index (χ3v) is 4.19. The Bertz CT molecular complexity index is 615. The number of benzene rings is 1. The molecule has 6 nitrogen and oxygen atoms in total. The molecule has 0 aliphatic carbocycles. The predicted molar refractivity (Wildman–Crippen MR) is 89.9 cm³/mol. The van der Waals surface area contributed by atoms with E-state index in [1.807, 2.05) is 11.1 Å². The van der Waals surface area contributed by atoms with Crippen LogP contribution in [0.15, 0.2) is 36.7 Å². The fraction of sp³-hybridized carbons (Fsp3) is 0.412.